The van der Waals surface area contributed by atoms with Gasteiger partial charge in [0.15, 0.2) is 12.6 Å². The molecule has 23 heteroatoms. The number of ether oxygens (including phenoxy) is 8. The van der Waals surface area contributed by atoms with Crippen LogP contribution in [0.25, 0.3) is 10.9 Å². The van der Waals surface area contributed by atoms with E-state index in [0.29, 0.717) is 51.5 Å². The zero-order chi connectivity index (χ0) is 70.6. The van der Waals surface area contributed by atoms with Gasteiger partial charge in [-0.3, -0.25) is 33.4 Å². The maximum atomic E-state index is 14.2. The summed E-state index contributed by atoms with van der Waals surface area (Å²) in [6, 6.07) is 17.6. The molecule has 0 saturated carbocycles. The van der Waals surface area contributed by atoms with Crippen molar-refractivity contribution in [1.29, 1.82) is 0 Å². The number of carbonyl (C=O) groups is 5. The molecule has 0 spiro atoms. The van der Waals surface area contributed by atoms with Crippen molar-refractivity contribution in [3.8, 4) is 5.75 Å². The molecule has 18 atom stereocenters. The van der Waals surface area contributed by atoms with Crippen LogP contribution in [0.2, 0.25) is 5.02 Å². The summed E-state index contributed by atoms with van der Waals surface area (Å²) in [5.41, 5.74) is 1.25. The quantitative estimate of drug-likeness (QED) is 0.0538. The van der Waals surface area contributed by atoms with Crippen molar-refractivity contribution in [2.45, 2.75) is 220 Å². The lowest BCUT2D eigenvalue weighted by Gasteiger charge is -2.50. The topological polar surface area (TPSA) is 284 Å². The van der Waals surface area contributed by atoms with E-state index in [-0.39, 0.29) is 55.4 Å². The smallest absolute Gasteiger partial charge is 0.311 e. The van der Waals surface area contributed by atoms with Crippen LogP contribution in [-0.4, -0.2) is 209 Å². The number of benzene rings is 3. The number of carboxylic acids is 1. The van der Waals surface area contributed by atoms with Gasteiger partial charge in [0.25, 0.3) is 5.91 Å². The molecule has 0 unspecified atom stereocenters. The summed E-state index contributed by atoms with van der Waals surface area (Å²) in [4.78, 5) is 68.3. The first-order valence-corrected chi connectivity index (χ1v) is 33.0. The maximum Gasteiger partial charge on any atom is 0.311 e. The number of amides is 1. The van der Waals surface area contributed by atoms with Gasteiger partial charge >= 0.3 is 11.9 Å². The van der Waals surface area contributed by atoms with Gasteiger partial charge in [-0.05, 0) is 168 Å². The number of aryl methyl sites for hydroxylation is 2. The maximum absolute atomic E-state index is 14.2. The SMILES string of the molecule is CCN(CC)CC(=O)Nc1c(C)cccc1C.CC[C@H]1OC(=O)[C@H](C)[C@@H](O[C@H]2C[C@@](C)(OC)[C@@H](O)[C@H](C)O2)[C@H](C)[C@@H](O[C@@H]2O[C@H](C)C[C@H](N(C)C)[C@H]2O)[C@](C)(OC)C[C@@H](C)C(=O)[C@H](C)[C@@H](O)[C@]1(C)O.COc1ccc2c(c1)c(CC(=O)O)c(C)n2C(=O)c1ccc(Cl)cc1. The van der Waals surface area contributed by atoms with E-state index >= 15 is 0 Å². The average Bonchev–Trinajstić information content (AvgIpc) is 1.52. The van der Waals surface area contributed by atoms with Crippen molar-refractivity contribution < 1.29 is 87.4 Å². The Bertz CT molecular complexity index is 3150. The number of nitrogens with one attached hydrogen (secondary N) is 1. The molecule has 526 valence electrons. The molecule has 1 aromatic heterocycles. The highest BCUT2D eigenvalue weighted by atomic mass is 35.5. The fourth-order valence-electron chi connectivity index (χ4n) is 13.4. The molecule has 6 N–H and O–H groups in total. The summed E-state index contributed by atoms with van der Waals surface area (Å²) in [6.45, 7) is 29.2. The van der Waals surface area contributed by atoms with Gasteiger partial charge in [0, 0.05) is 71.8 Å². The molecule has 0 aliphatic carbocycles. The Morgan fingerprint density at radius 2 is 1.40 bits per heavy atom. The Kier molecular flexibility index (Phi) is 28.8. The van der Waals surface area contributed by atoms with Gasteiger partial charge in [-0.1, -0.05) is 71.3 Å². The number of Topliss-reactive ketones (excluding diaryl/α,β-unsaturated/α-hetero) is 1. The summed E-state index contributed by atoms with van der Waals surface area (Å²) in [7, 11) is 8.31. The molecule has 3 fully saturated rings. The van der Waals surface area contributed by atoms with Crippen LogP contribution in [0.1, 0.15) is 142 Å². The number of carbonyl (C=O) groups excluding carboxylic acids is 4. The number of hydrogen-bond donors (Lipinski definition) is 6. The number of para-hydroxylation sites is 1. The van der Waals surface area contributed by atoms with Crippen molar-refractivity contribution in [2.75, 3.05) is 60.4 Å². The second-order valence-corrected chi connectivity index (χ2v) is 27.0. The summed E-state index contributed by atoms with van der Waals surface area (Å²) in [6.07, 6.45) is -8.90. The third-order valence-electron chi connectivity index (χ3n) is 19.4. The predicted molar refractivity (Wildman–Crippen MR) is 359 cm³/mol. The van der Waals surface area contributed by atoms with Crippen LogP contribution in [0, 0.1) is 44.4 Å². The molecular formula is C71H107ClN4O18. The van der Waals surface area contributed by atoms with E-state index in [4.69, 9.17) is 49.5 Å². The lowest BCUT2D eigenvalue weighted by atomic mass is 9.74. The van der Waals surface area contributed by atoms with Gasteiger partial charge in [0.05, 0.1) is 73.2 Å². The van der Waals surface area contributed by atoms with E-state index in [9.17, 15) is 49.5 Å². The number of fused-ring (bicyclic) bond motifs is 1. The monoisotopic (exact) mass is 1340 g/mol. The van der Waals surface area contributed by atoms with Gasteiger partial charge in [-0.25, -0.2) is 0 Å². The number of halogens is 1. The average molecular weight is 1340 g/mol. The molecule has 22 nitrogen and oxygen atoms in total. The van der Waals surface area contributed by atoms with Gasteiger partial charge < -0.3 is 73.6 Å². The number of aromatic nitrogens is 1. The lowest BCUT2D eigenvalue weighted by Crippen LogP contribution is -2.61. The van der Waals surface area contributed by atoms with Crippen molar-refractivity contribution in [2.24, 2.45) is 23.7 Å². The van der Waals surface area contributed by atoms with Gasteiger partial charge in [0.2, 0.25) is 5.91 Å². The second-order valence-electron chi connectivity index (χ2n) is 26.6. The normalized spacial score (nSPS) is 31.9. The van der Waals surface area contributed by atoms with Crippen molar-refractivity contribution in [3.63, 3.8) is 0 Å². The molecule has 0 bridgehead atoms. The van der Waals surface area contributed by atoms with Crippen molar-refractivity contribution >= 4 is 57.7 Å². The van der Waals surface area contributed by atoms with Crippen LogP contribution in [0.3, 0.4) is 0 Å². The highest BCUT2D eigenvalue weighted by Gasteiger charge is 2.54. The van der Waals surface area contributed by atoms with Crippen molar-refractivity contribution in [3.05, 3.63) is 93.6 Å². The number of methoxy groups -OCH3 is 3. The lowest BCUT2D eigenvalue weighted by molar-refractivity contribution is -0.319. The first kappa shape index (κ1) is 79.3. The molecule has 4 aromatic rings. The largest absolute Gasteiger partial charge is 0.497 e. The predicted octanol–water partition coefficient (Wildman–Crippen LogP) is 8.95. The van der Waals surface area contributed by atoms with E-state index < -0.39 is 108 Å². The molecule has 3 aromatic carbocycles. The minimum Gasteiger partial charge on any atom is -0.497 e. The zero-order valence-corrected chi connectivity index (χ0v) is 59.6. The van der Waals surface area contributed by atoms with Crippen LogP contribution >= 0.6 is 11.6 Å². The van der Waals surface area contributed by atoms with E-state index in [1.165, 1.54) is 25.7 Å². The van der Waals surface area contributed by atoms with Crippen LogP contribution < -0.4 is 10.1 Å². The summed E-state index contributed by atoms with van der Waals surface area (Å²) in [5, 5.41) is 59.0. The summed E-state index contributed by atoms with van der Waals surface area (Å²) >= 11 is 5.89. The fourth-order valence-corrected chi connectivity index (χ4v) is 13.5. The van der Waals surface area contributed by atoms with E-state index in [2.05, 4.69) is 24.1 Å². The third kappa shape index (κ3) is 18.8. The zero-order valence-electron chi connectivity index (χ0n) is 58.9. The van der Waals surface area contributed by atoms with Gasteiger partial charge in [-0.2, -0.15) is 0 Å². The number of likely N-dealkylation sites (N-methyl/N-ethyl adjacent to an activating group) is 2. The molecule has 94 heavy (non-hydrogen) atoms. The molecule has 3 aliphatic rings. The highest BCUT2D eigenvalue weighted by Crippen LogP contribution is 2.42. The number of nitrogens with zero attached hydrogens (tertiary/aromatic N) is 3. The Morgan fingerprint density at radius 1 is 0.798 bits per heavy atom. The number of hydrogen-bond acceptors (Lipinski definition) is 19. The van der Waals surface area contributed by atoms with E-state index in [1.54, 1.807) is 105 Å². The summed E-state index contributed by atoms with van der Waals surface area (Å²) < 4.78 is 50.6. The Morgan fingerprint density at radius 3 is 1.95 bits per heavy atom. The molecule has 7 rings (SSSR count). The number of aliphatic hydroxyl groups is 4. The number of cyclic esters (lactones) is 1. The minimum atomic E-state index is -1.96. The minimum absolute atomic E-state index is 0.0612. The Balaban J connectivity index is 0.000000310. The Labute approximate surface area is 560 Å². The number of anilines is 1. The van der Waals surface area contributed by atoms with E-state index in [1.807, 2.05) is 64.9 Å². The van der Waals surface area contributed by atoms with Crippen LogP contribution in [0.15, 0.2) is 60.7 Å². The second kappa shape index (κ2) is 34.2. The standard InChI is InChI=1S/C38H69NO13.C19H16ClNO4.C14H22N2O/c1-15-26-38(10,45)31(42)21(4)28(40)19(2)17-37(9,47-14)33(52-35-29(41)25(39(11)12)16-20(3)48-35)22(5)30(23(6)34(44)50-26)51-27-18-36(8,46-13)32(43)24(7)49-27;1-11-15(10-18(22)23)16-9-14(25-2)7-8-17(16)21(11)19(24)12-3-5-13(20)6-4-12;1-5-16(6-2)10-13(17)15-14-11(3)8-7-9-12(14)4/h19-27,29-33,35,41-43,45H,15-18H2,1-14H3;3-9H,10H2,1-2H3,(H,22,23);7-9H,5-6,10H2,1-4H3,(H,15,17)/t19-,20-,21+,22+,23-,24+,25+,26-,27+,29-,30+,31-,32+,33-,35+,36-,37-,38-;;/m1../s1. The molecule has 3 aliphatic heterocycles. The number of ketones is 1. The molecule has 0 radical (unpaired) electrons. The first-order valence-electron chi connectivity index (χ1n) is 32.7. The van der Waals surface area contributed by atoms with Crippen LogP contribution in [-0.2, 0) is 58.8 Å². The first-order chi connectivity index (χ1) is 44.0. The Hall–Kier alpha value is -5.44. The number of carboxylic acid groups (broad SMARTS) is 1. The van der Waals surface area contributed by atoms with Crippen molar-refractivity contribution in [1.82, 2.24) is 14.4 Å². The number of rotatable bonds is 17. The molecular weight excluding hydrogens is 1230 g/mol. The number of aliphatic hydroxyl groups excluding tert-OH is 3. The third-order valence-corrected chi connectivity index (χ3v) is 19.7. The highest BCUT2D eigenvalue weighted by molar-refractivity contribution is 6.30. The molecule has 3 saturated heterocycles. The van der Waals surface area contributed by atoms with E-state index in [0.717, 1.165) is 29.9 Å². The van der Waals surface area contributed by atoms with Gasteiger partial charge in [0.1, 0.15) is 35.4 Å². The van der Waals surface area contributed by atoms with Gasteiger partial charge in [-0.15, -0.1) is 0 Å². The van der Waals surface area contributed by atoms with Crippen LogP contribution in [0.5, 0.6) is 5.75 Å². The van der Waals surface area contributed by atoms with Crippen LogP contribution in [0.4, 0.5) is 5.69 Å². The molecule has 1 amide bonds. The number of aliphatic carboxylic acids is 1. The molecule has 4 heterocycles. The number of esters is 1. The summed E-state index contributed by atoms with van der Waals surface area (Å²) in [5.74, 6) is -4.99. The fraction of sp³-hybridized carbons (Fsp3) is 0.648.